The molecule has 2 rings (SSSR count). The Morgan fingerprint density at radius 1 is 1.57 bits per heavy atom. The van der Waals surface area contributed by atoms with Crippen LogP contribution in [0.5, 0.6) is 5.88 Å². The van der Waals surface area contributed by atoms with Crippen molar-refractivity contribution >= 4 is 23.8 Å². The fourth-order valence-electron chi connectivity index (χ4n) is 1.00. The third kappa shape index (κ3) is 1.66. The van der Waals surface area contributed by atoms with E-state index in [2.05, 4.69) is 14.3 Å². The van der Waals surface area contributed by atoms with Crippen molar-refractivity contribution in [1.82, 2.24) is 14.3 Å². The second-order valence-electron chi connectivity index (χ2n) is 2.53. The summed E-state index contributed by atoms with van der Waals surface area (Å²) < 4.78 is 9.73. The van der Waals surface area contributed by atoms with Crippen LogP contribution in [0.4, 0.5) is 0 Å². The molecule has 72 valence electrons. The van der Waals surface area contributed by atoms with Gasteiger partial charge in [-0.05, 0) is 11.5 Å². The molecule has 2 aromatic heterocycles. The lowest BCUT2D eigenvalue weighted by Gasteiger charge is -1.93. The number of methoxy groups -OCH3 is 1. The molecule has 0 aliphatic heterocycles. The maximum Gasteiger partial charge on any atom is 0.225 e. The van der Waals surface area contributed by atoms with Crippen LogP contribution in [0.1, 0.15) is 0 Å². The summed E-state index contributed by atoms with van der Waals surface area (Å²) in [6.45, 7) is 0. The molecule has 2 heterocycles. The zero-order valence-electron chi connectivity index (χ0n) is 7.35. The van der Waals surface area contributed by atoms with Gasteiger partial charge in [0.05, 0.1) is 18.3 Å². The Morgan fingerprint density at radius 3 is 3.07 bits per heavy atom. The predicted molar refractivity (Wildman–Crippen MR) is 57.1 cm³/mol. The van der Waals surface area contributed by atoms with E-state index in [0.29, 0.717) is 10.5 Å². The van der Waals surface area contributed by atoms with Gasteiger partial charge in [0.25, 0.3) is 0 Å². The molecule has 0 radical (unpaired) electrons. The van der Waals surface area contributed by atoms with E-state index in [4.69, 9.17) is 17.0 Å². The van der Waals surface area contributed by atoms with Gasteiger partial charge in [0, 0.05) is 17.8 Å². The highest BCUT2D eigenvalue weighted by molar-refractivity contribution is 7.71. The van der Waals surface area contributed by atoms with Crippen LogP contribution in [0.25, 0.3) is 10.4 Å². The minimum Gasteiger partial charge on any atom is -0.480 e. The van der Waals surface area contributed by atoms with Crippen molar-refractivity contribution in [3.05, 3.63) is 23.2 Å². The van der Waals surface area contributed by atoms with E-state index >= 15 is 0 Å². The fraction of sp³-hybridized carbons (Fsp3) is 0.125. The average Bonchev–Trinajstić information content (AvgIpc) is 2.67. The molecule has 1 N–H and O–H groups in total. The monoisotopic (exact) mass is 225 g/mol. The predicted octanol–water partition coefficient (Wildman–Crippen LogP) is 2.27. The van der Waals surface area contributed by atoms with Gasteiger partial charge in [-0.25, -0.2) is 4.98 Å². The number of H-pyrrole nitrogens is 1. The molecule has 0 amide bonds. The lowest BCUT2D eigenvalue weighted by Crippen LogP contribution is -1.82. The van der Waals surface area contributed by atoms with Crippen molar-refractivity contribution in [2.45, 2.75) is 0 Å². The van der Waals surface area contributed by atoms with Gasteiger partial charge in [0.2, 0.25) is 5.88 Å². The number of hydrogen-bond acceptors (Lipinski definition) is 5. The lowest BCUT2D eigenvalue weighted by atomic mass is 10.3. The highest BCUT2D eigenvalue weighted by Gasteiger charge is 2.05. The molecule has 0 aliphatic rings. The second kappa shape index (κ2) is 3.85. The highest BCUT2D eigenvalue weighted by atomic mass is 32.1. The Labute approximate surface area is 89.8 Å². The molecule has 2 aromatic rings. The maximum atomic E-state index is 5.12. The van der Waals surface area contributed by atoms with Crippen LogP contribution in [0.2, 0.25) is 0 Å². The largest absolute Gasteiger partial charge is 0.480 e. The summed E-state index contributed by atoms with van der Waals surface area (Å²) in [6.07, 6.45) is 3.27. The van der Waals surface area contributed by atoms with Crippen molar-refractivity contribution in [2.24, 2.45) is 0 Å². The van der Waals surface area contributed by atoms with Crippen LogP contribution in [-0.4, -0.2) is 21.5 Å². The van der Waals surface area contributed by atoms with Crippen molar-refractivity contribution in [3.8, 4) is 16.3 Å². The van der Waals surface area contributed by atoms with E-state index in [1.54, 1.807) is 19.6 Å². The highest BCUT2D eigenvalue weighted by Crippen LogP contribution is 2.27. The molecule has 0 unspecified atom stereocenters. The molecular formula is C8H7N3OS2. The van der Waals surface area contributed by atoms with E-state index in [9.17, 15) is 0 Å². The molecule has 4 nitrogen and oxygen atoms in total. The lowest BCUT2D eigenvalue weighted by molar-refractivity contribution is 0.403. The Balaban J connectivity index is 2.50. The zero-order chi connectivity index (χ0) is 9.97. The van der Waals surface area contributed by atoms with Crippen molar-refractivity contribution in [2.75, 3.05) is 7.11 Å². The quantitative estimate of drug-likeness (QED) is 0.797. The van der Waals surface area contributed by atoms with E-state index in [-0.39, 0.29) is 0 Å². The van der Waals surface area contributed by atoms with E-state index in [1.807, 2.05) is 6.07 Å². The van der Waals surface area contributed by atoms with Crippen LogP contribution >= 0.6 is 23.8 Å². The standard InChI is InChI=1S/C8H7N3OS2/c1-12-7-2-6(14-11-7)5-3-9-4-10-8(5)13/h2-4H,1H3,(H,9,10,13). The number of aromatic amines is 1. The molecule has 0 atom stereocenters. The molecule has 0 aliphatic carbocycles. The summed E-state index contributed by atoms with van der Waals surface area (Å²) in [7, 11) is 1.59. The van der Waals surface area contributed by atoms with E-state index < -0.39 is 0 Å². The molecule has 0 bridgehead atoms. The molecular weight excluding hydrogens is 218 g/mol. The number of aromatic nitrogens is 3. The van der Waals surface area contributed by atoms with Gasteiger partial charge in [-0.2, -0.15) is 4.37 Å². The minimum atomic E-state index is 0.600. The van der Waals surface area contributed by atoms with Crippen LogP contribution in [0, 0.1) is 4.64 Å². The number of nitrogens with one attached hydrogen (secondary N) is 1. The summed E-state index contributed by atoms with van der Waals surface area (Å²) in [4.78, 5) is 7.80. The third-order valence-corrected chi connectivity index (χ3v) is 2.83. The number of ether oxygens (including phenoxy) is 1. The van der Waals surface area contributed by atoms with E-state index in [1.165, 1.54) is 11.5 Å². The fourth-order valence-corrected chi connectivity index (χ4v) is 2.00. The summed E-state index contributed by atoms with van der Waals surface area (Å²) in [6, 6.07) is 1.84. The van der Waals surface area contributed by atoms with E-state index in [0.717, 1.165) is 10.4 Å². The summed E-state index contributed by atoms with van der Waals surface area (Å²) in [5.74, 6) is 0.600. The Hall–Kier alpha value is -1.27. The first-order chi connectivity index (χ1) is 6.81. The maximum absolute atomic E-state index is 5.12. The number of nitrogens with zero attached hydrogens (tertiary/aromatic N) is 2. The Kier molecular flexibility index (Phi) is 2.55. The first kappa shape index (κ1) is 9.29. The van der Waals surface area contributed by atoms with Crippen LogP contribution < -0.4 is 4.74 Å². The minimum absolute atomic E-state index is 0.600. The summed E-state index contributed by atoms with van der Waals surface area (Å²) in [5.41, 5.74) is 0.878. The van der Waals surface area contributed by atoms with Gasteiger partial charge in [-0.15, -0.1) is 0 Å². The third-order valence-electron chi connectivity index (χ3n) is 1.68. The topological polar surface area (TPSA) is 50.8 Å². The van der Waals surface area contributed by atoms with Gasteiger partial charge in [0.15, 0.2) is 0 Å². The molecule has 6 heteroatoms. The second-order valence-corrected chi connectivity index (χ2v) is 3.74. The van der Waals surface area contributed by atoms with Gasteiger partial charge in [0.1, 0.15) is 4.64 Å². The first-order valence-electron chi connectivity index (χ1n) is 3.85. The van der Waals surface area contributed by atoms with Crippen molar-refractivity contribution in [1.29, 1.82) is 0 Å². The summed E-state index contributed by atoms with van der Waals surface area (Å²) >= 11 is 6.46. The zero-order valence-corrected chi connectivity index (χ0v) is 8.98. The van der Waals surface area contributed by atoms with Gasteiger partial charge in [-0.1, -0.05) is 12.2 Å². The number of rotatable bonds is 2. The smallest absolute Gasteiger partial charge is 0.225 e. The van der Waals surface area contributed by atoms with Crippen LogP contribution in [-0.2, 0) is 0 Å². The molecule has 0 aromatic carbocycles. The molecule has 0 spiro atoms. The van der Waals surface area contributed by atoms with Gasteiger partial charge in [-0.3, -0.25) is 0 Å². The average molecular weight is 225 g/mol. The van der Waals surface area contributed by atoms with Crippen LogP contribution in [0.3, 0.4) is 0 Å². The summed E-state index contributed by atoms with van der Waals surface area (Å²) in [5, 5.41) is 0. The normalized spacial score (nSPS) is 10.1. The molecule has 14 heavy (non-hydrogen) atoms. The Morgan fingerprint density at radius 2 is 2.43 bits per heavy atom. The van der Waals surface area contributed by atoms with Crippen LogP contribution in [0.15, 0.2) is 18.6 Å². The Bertz CT molecular complexity index is 491. The molecule has 0 saturated carbocycles. The SMILES string of the molecule is COc1cc(-c2cnc[nH]c2=S)sn1. The molecule has 0 saturated heterocycles. The molecule has 0 fully saturated rings. The number of hydrogen-bond donors (Lipinski definition) is 1. The van der Waals surface area contributed by atoms with Gasteiger partial charge < -0.3 is 9.72 Å². The first-order valence-corrected chi connectivity index (χ1v) is 5.03. The van der Waals surface area contributed by atoms with Crippen molar-refractivity contribution in [3.63, 3.8) is 0 Å². The van der Waals surface area contributed by atoms with Crippen molar-refractivity contribution < 1.29 is 4.74 Å². The van der Waals surface area contributed by atoms with Gasteiger partial charge >= 0.3 is 0 Å².